The molecule has 7 nitrogen and oxygen atoms in total. The molecule has 0 atom stereocenters. The van der Waals surface area contributed by atoms with E-state index in [1.54, 1.807) is 19.1 Å². The van der Waals surface area contributed by atoms with Crippen LogP contribution in [0.5, 0.6) is 0 Å². The van der Waals surface area contributed by atoms with Crippen molar-refractivity contribution >= 4 is 29.6 Å². The normalized spacial score (nSPS) is 17.0. The van der Waals surface area contributed by atoms with Gasteiger partial charge in [0.1, 0.15) is 17.1 Å². The smallest absolute Gasteiger partial charge is 0.335 e. The van der Waals surface area contributed by atoms with Gasteiger partial charge in [-0.05, 0) is 37.3 Å². The van der Waals surface area contributed by atoms with E-state index >= 15 is 0 Å². The Balaban J connectivity index is 2.01. The van der Waals surface area contributed by atoms with Crippen LogP contribution in [0, 0.1) is 6.92 Å². The molecule has 7 heteroatoms. The molecule has 1 saturated heterocycles. The predicted octanol–water partition coefficient (Wildman–Crippen LogP) is 1.65. The highest BCUT2D eigenvalue weighted by Crippen LogP contribution is 2.21. The van der Waals surface area contributed by atoms with Gasteiger partial charge < -0.3 is 4.42 Å². The lowest BCUT2D eigenvalue weighted by Crippen LogP contribution is -2.54. The number of barbiturate groups is 1. The molecule has 1 aliphatic heterocycles. The van der Waals surface area contributed by atoms with Gasteiger partial charge in [-0.25, -0.2) is 9.69 Å². The van der Waals surface area contributed by atoms with Gasteiger partial charge in [0.15, 0.2) is 0 Å². The molecule has 1 N–H and O–H groups in total. The van der Waals surface area contributed by atoms with Crippen LogP contribution in [0.15, 0.2) is 46.6 Å². The van der Waals surface area contributed by atoms with E-state index in [9.17, 15) is 14.4 Å². The highest BCUT2D eigenvalue weighted by molar-refractivity contribution is 6.39. The van der Waals surface area contributed by atoms with Crippen LogP contribution in [-0.2, 0) is 9.59 Å². The van der Waals surface area contributed by atoms with Crippen molar-refractivity contribution in [1.82, 2.24) is 10.3 Å². The largest absolute Gasteiger partial charge is 0.462 e. The van der Waals surface area contributed by atoms with E-state index in [-0.39, 0.29) is 5.57 Å². The highest BCUT2D eigenvalue weighted by atomic mass is 16.3. The fourth-order valence-electron chi connectivity index (χ4n) is 2.06. The Morgan fingerprint density at radius 3 is 2.50 bits per heavy atom. The lowest BCUT2D eigenvalue weighted by molar-refractivity contribution is -0.122. The predicted molar refractivity (Wildman–Crippen MR) is 76.7 cm³/mol. The molecule has 2 aromatic rings. The van der Waals surface area contributed by atoms with Gasteiger partial charge in [-0.2, -0.15) is 0 Å². The van der Waals surface area contributed by atoms with Crippen molar-refractivity contribution in [2.45, 2.75) is 6.92 Å². The Kier molecular flexibility index (Phi) is 3.30. The summed E-state index contributed by atoms with van der Waals surface area (Å²) < 4.78 is 5.33. The molecule has 0 bridgehead atoms. The number of aromatic nitrogens is 1. The van der Waals surface area contributed by atoms with E-state index in [1.165, 1.54) is 30.6 Å². The Hall–Kier alpha value is -3.22. The van der Waals surface area contributed by atoms with Crippen molar-refractivity contribution in [2.75, 3.05) is 4.90 Å². The zero-order valence-electron chi connectivity index (χ0n) is 11.6. The van der Waals surface area contributed by atoms with Gasteiger partial charge in [-0.15, -0.1) is 0 Å². The number of carbonyl (C=O) groups is 3. The van der Waals surface area contributed by atoms with E-state index < -0.39 is 17.8 Å². The van der Waals surface area contributed by atoms with Gasteiger partial charge in [-0.1, -0.05) is 0 Å². The van der Waals surface area contributed by atoms with Crippen molar-refractivity contribution in [1.29, 1.82) is 0 Å². The number of furan rings is 1. The number of amides is 4. The molecule has 0 unspecified atom stereocenters. The number of imide groups is 2. The standard InChI is InChI=1S/C15H11N3O4/c1-9-2-3-11(22-9)8-12-13(19)17-15(21)18(14(12)20)10-4-6-16-7-5-10/h2-8H,1H3,(H,17,19,21)/b12-8+. The molecule has 22 heavy (non-hydrogen) atoms. The van der Waals surface area contributed by atoms with Gasteiger partial charge in [0, 0.05) is 12.4 Å². The number of rotatable bonds is 2. The summed E-state index contributed by atoms with van der Waals surface area (Å²) >= 11 is 0. The van der Waals surface area contributed by atoms with Gasteiger partial charge >= 0.3 is 6.03 Å². The number of urea groups is 1. The lowest BCUT2D eigenvalue weighted by atomic mass is 10.1. The second kappa shape index (κ2) is 5.28. The lowest BCUT2D eigenvalue weighted by Gasteiger charge is -2.25. The quantitative estimate of drug-likeness (QED) is 0.672. The average Bonchev–Trinajstić information content (AvgIpc) is 2.90. The van der Waals surface area contributed by atoms with Crippen LogP contribution in [0.3, 0.4) is 0 Å². The van der Waals surface area contributed by atoms with Gasteiger partial charge in [-0.3, -0.25) is 19.9 Å². The summed E-state index contributed by atoms with van der Waals surface area (Å²) in [6.45, 7) is 1.75. The molecule has 110 valence electrons. The van der Waals surface area contributed by atoms with Crippen LogP contribution in [0.2, 0.25) is 0 Å². The number of aryl methyl sites for hydroxylation is 1. The molecule has 0 radical (unpaired) electrons. The third-order valence-electron chi connectivity index (χ3n) is 3.07. The van der Waals surface area contributed by atoms with Crippen molar-refractivity contribution in [3.05, 3.63) is 53.8 Å². The molecule has 1 aliphatic rings. The van der Waals surface area contributed by atoms with Crippen molar-refractivity contribution < 1.29 is 18.8 Å². The molecule has 0 saturated carbocycles. The van der Waals surface area contributed by atoms with E-state index in [0.29, 0.717) is 17.2 Å². The van der Waals surface area contributed by atoms with Crippen LogP contribution >= 0.6 is 0 Å². The van der Waals surface area contributed by atoms with Crippen LogP contribution in [0.1, 0.15) is 11.5 Å². The Morgan fingerprint density at radius 2 is 1.86 bits per heavy atom. The van der Waals surface area contributed by atoms with Gasteiger partial charge in [0.05, 0.1) is 5.69 Å². The zero-order valence-corrected chi connectivity index (χ0v) is 11.6. The maximum absolute atomic E-state index is 12.5. The number of nitrogens with zero attached hydrogens (tertiary/aromatic N) is 2. The van der Waals surface area contributed by atoms with Gasteiger partial charge in [0.2, 0.25) is 0 Å². The van der Waals surface area contributed by atoms with E-state index in [4.69, 9.17) is 4.42 Å². The van der Waals surface area contributed by atoms with Crippen LogP contribution in [0.4, 0.5) is 10.5 Å². The second-order valence-corrected chi connectivity index (χ2v) is 4.61. The molecule has 3 heterocycles. The fourth-order valence-corrected chi connectivity index (χ4v) is 2.06. The van der Waals surface area contributed by atoms with Gasteiger partial charge in [0.25, 0.3) is 11.8 Å². The third-order valence-corrected chi connectivity index (χ3v) is 3.07. The molecule has 0 aliphatic carbocycles. The molecule has 4 amide bonds. The maximum atomic E-state index is 12.5. The summed E-state index contributed by atoms with van der Waals surface area (Å²) in [7, 11) is 0. The first-order chi connectivity index (χ1) is 10.6. The van der Waals surface area contributed by atoms with E-state index in [2.05, 4.69) is 10.3 Å². The molecule has 1 fully saturated rings. The highest BCUT2D eigenvalue weighted by Gasteiger charge is 2.36. The number of hydrogen-bond donors (Lipinski definition) is 1. The number of carbonyl (C=O) groups excluding carboxylic acids is 3. The number of anilines is 1. The first-order valence-corrected chi connectivity index (χ1v) is 6.44. The summed E-state index contributed by atoms with van der Waals surface area (Å²) in [5.41, 5.74) is 0.150. The number of hydrogen-bond acceptors (Lipinski definition) is 5. The maximum Gasteiger partial charge on any atom is 0.335 e. The molecule has 2 aromatic heterocycles. The average molecular weight is 297 g/mol. The second-order valence-electron chi connectivity index (χ2n) is 4.61. The van der Waals surface area contributed by atoms with Crippen molar-refractivity contribution in [2.24, 2.45) is 0 Å². The molecule has 3 rings (SSSR count). The summed E-state index contributed by atoms with van der Waals surface area (Å²) in [5, 5.41) is 2.13. The molecular weight excluding hydrogens is 286 g/mol. The zero-order chi connectivity index (χ0) is 15.7. The summed E-state index contributed by atoms with van der Waals surface area (Å²) in [6.07, 6.45) is 4.21. The van der Waals surface area contributed by atoms with E-state index in [1.807, 2.05) is 0 Å². The minimum Gasteiger partial charge on any atom is -0.462 e. The monoisotopic (exact) mass is 297 g/mol. The third kappa shape index (κ3) is 2.39. The Labute approximate surface area is 125 Å². The van der Waals surface area contributed by atoms with Crippen LogP contribution in [-0.4, -0.2) is 22.8 Å². The molecule has 0 aromatic carbocycles. The summed E-state index contributed by atoms with van der Waals surface area (Å²) in [6, 6.07) is 5.55. The summed E-state index contributed by atoms with van der Waals surface area (Å²) in [5.74, 6) is -0.457. The first-order valence-electron chi connectivity index (χ1n) is 6.44. The molecular formula is C15H11N3O4. The number of nitrogens with one attached hydrogen (secondary N) is 1. The number of pyridine rings is 1. The summed E-state index contributed by atoms with van der Waals surface area (Å²) in [4.78, 5) is 41.0. The van der Waals surface area contributed by atoms with Crippen LogP contribution in [0.25, 0.3) is 6.08 Å². The minimum absolute atomic E-state index is 0.175. The Morgan fingerprint density at radius 1 is 1.14 bits per heavy atom. The fraction of sp³-hybridized carbons (Fsp3) is 0.0667. The van der Waals surface area contributed by atoms with Crippen molar-refractivity contribution in [3.63, 3.8) is 0 Å². The first kappa shape index (κ1) is 13.7. The minimum atomic E-state index is -0.797. The topological polar surface area (TPSA) is 92.5 Å². The molecule has 0 spiro atoms. The van der Waals surface area contributed by atoms with Crippen molar-refractivity contribution in [3.8, 4) is 0 Å². The Bertz CT molecular complexity index is 792. The van der Waals surface area contributed by atoms with E-state index in [0.717, 1.165) is 4.90 Å². The van der Waals surface area contributed by atoms with Crippen LogP contribution < -0.4 is 10.2 Å². The SMILES string of the molecule is Cc1ccc(/C=C2\C(=O)NC(=O)N(c3ccncc3)C2=O)o1.